The second-order valence-corrected chi connectivity index (χ2v) is 5.29. The smallest absolute Gasteiger partial charge is 0.194 e. The predicted octanol–water partition coefficient (Wildman–Crippen LogP) is 3.58. The number of nitrogens with two attached hydrogens (primary N) is 1. The number of rotatable bonds is 4. The minimum absolute atomic E-state index is 0.116. The standard InChI is InChI=1S/C14H19F3N2/c1-2-14(7-3-4-8-14)13(19-18)9-5-6-10(15)12(17)11(9)16/h5-6,13,19H,2-4,7-8,18H2,1H3. The van der Waals surface area contributed by atoms with Crippen molar-refractivity contribution in [3.63, 3.8) is 0 Å². The largest absolute Gasteiger partial charge is 0.271 e. The van der Waals surface area contributed by atoms with Crippen LogP contribution in [0.15, 0.2) is 12.1 Å². The average Bonchev–Trinajstić information content (AvgIpc) is 2.89. The molecule has 19 heavy (non-hydrogen) atoms. The first kappa shape index (κ1) is 14.3. The third kappa shape index (κ3) is 2.37. The third-order valence-corrected chi connectivity index (χ3v) is 4.46. The summed E-state index contributed by atoms with van der Waals surface area (Å²) in [5.41, 5.74) is 2.55. The fourth-order valence-corrected chi connectivity index (χ4v) is 3.29. The van der Waals surface area contributed by atoms with Crippen LogP contribution < -0.4 is 11.3 Å². The molecule has 1 aromatic rings. The highest BCUT2D eigenvalue weighted by molar-refractivity contribution is 5.26. The topological polar surface area (TPSA) is 38.0 Å². The lowest BCUT2D eigenvalue weighted by molar-refractivity contribution is 0.183. The molecule has 1 atom stereocenters. The van der Waals surface area contributed by atoms with Crippen LogP contribution in [0.2, 0.25) is 0 Å². The Kier molecular flexibility index (Phi) is 4.16. The van der Waals surface area contributed by atoms with Gasteiger partial charge in [0.25, 0.3) is 0 Å². The molecule has 2 rings (SSSR count). The van der Waals surface area contributed by atoms with Crippen molar-refractivity contribution in [3.8, 4) is 0 Å². The van der Waals surface area contributed by atoms with Gasteiger partial charge in [0.15, 0.2) is 17.5 Å². The van der Waals surface area contributed by atoms with E-state index in [0.717, 1.165) is 38.2 Å². The van der Waals surface area contributed by atoms with Crippen molar-refractivity contribution in [1.82, 2.24) is 5.43 Å². The van der Waals surface area contributed by atoms with E-state index in [2.05, 4.69) is 5.43 Å². The van der Waals surface area contributed by atoms with Crippen LogP contribution in [0, 0.1) is 22.9 Å². The van der Waals surface area contributed by atoms with Crippen LogP contribution in [0.4, 0.5) is 13.2 Å². The molecule has 0 spiro atoms. The van der Waals surface area contributed by atoms with E-state index in [1.165, 1.54) is 6.07 Å². The summed E-state index contributed by atoms with van der Waals surface area (Å²) < 4.78 is 40.3. The van der Waals surface area contributed by atoms with Crippen molar-refractivity contribution in [2.75, 3.05) is 0 Å². The molecule has 0 radical (unpaired) electrons. The molecule has 3 N–H and O–H groups in total. The summed E-state index contributed by atoms with van der Waals surface area (Å²) in [5.74, 6) is 1.83. The highest BCUT2D eigenvalue weighted by Gasteiger charge is 2.41. The van der Waals surface area contributed by atoms with Crippen LogP contribution in [0.5, 0.6) is 0 Å². The molecule has 1 fully saturated rings. The lowest BCUT2D eigenvalue weighted by Gasteiger charge is -2.37. The zero-order valence-electron chi connectivity index (χ0n) is 11.0. The second-order valence-electron chi connectivity index (χ2n) is 5.29. The Labute approximate surface area is 111 Å². The zero-order valence-corrected chi connectivity index (χ0v) is 11.0. The Morgan fingerprint density at radius 1 is 1.21 bits per heavy atom. The van der Waals surface area contributed by atoms with Gasteiger partial charge in [0, 0.05) is 5.56 Å². The molecule has 2 nitrogen and oxygen atoms in total. The maximum atomic E-state index is 13.9. The van der Waals surface area contributed by atoms with Crippen LogP contribution in [0.1, 0.15) is 50.6 Å². The molecule has 0 bridgehead atoms. The summed E-state index contributed by atoms with van der Waals surface area (Å²) in [5, 5.41) is 0. The molecule has 0 saturated heterocycles. The van der Waals surface area contributed by atoms with E-state index < -0.39 is 23.5 Å². The summed E-state index contributed by atoms with van der Waals surface area (Å²) in [6, 6.07) is 1.75. The lowest BCUT2D eigenvalue weighted by Crippen LogP contribution is -2.40. The van der Waals surface area contributed by atoms with Crippen LogP contribution in [0.25, 0.3) is 0 Å². The molecule has 5 heteroatoms. The number of hydrazine groups is 1. The van der Waals surface area contributed by atoms with Gasteiger partial charge in [-0.1, -0.05) is 25.8 Å². The highest BCUT2D eigenvalue weighted by atomic mass is 19.2. The summed E-state index contributed by atoms with van der Waals surface area (Å²) in [7, 11) is 0. The van der Waals surface area contributed by atoms with E-state index in [1.807, 2.05) is 6.92 Å². The molecular formula is C14H19F3N2. The first-order chi connectivity index (χ1) is 9.05. The Bertz CT molecular complexity index is 456. The Hall–Kier alpha value is -1.07. The molecule has 1 aromatic carbocycles. The number of halogens is 3. The van der Waals surface area contributed by atoms with Crippen LogP contribution >= 0.6 is 0 Å². The van der Waals surface area contributed by atoms with Gasteiger partial charge in [-0.25, -0.2) is 13.2 Å². The summed E-state index contributed by atoms with van der Waals surface area (Å²) in [6.07, 6.45) is 4.75. The molecule has 106 valence electrons. The van der Waals surface area contributed by atoms with Crippen LogP contribution in [-0.4, -0.2) is 0 Å². The number of nitrogens with one attached hydrogen (secondary N) is 1. The van der Waals surface area contributed by atoms with E-state index in [-0.39, 0.29) is 11.0 Å². The molecule has 0 aliphatic heterocycles. The van der Waals surface area contributed by atoms with Gasteiger partial charge in [0.05, 0.1) is 6.04 Å². The van der Waals surface area contributed by atoms with E-state index in [4.69, 9.17) is 5.84 Å². The first-order valence-corrected chi connectivity index (χ1v) is 6.65. The van der Waals surface area contributed by atoms with Gasteiger partial charge in [-0.2, -0.15) is 0 Å². The molecule has 0 heterocycles. The van der Waals surface area contributed by atoms with Crippen molar-refractivity contribution in [1.29, 1.82) is 0 Å². The van der Waals surface area contributed by atoms with Crippen molar-refractivity contribution in [2.45, 2.75) is 45.1 Å². The first-order valence-electron chi connectivity index (χ1n) is 6.65. The summed E-state index contributed by atoms with van der Waals surface area (Å²) >= 11 is 0. The van der Waals surface area contributed by atoms with Gasteiger partial charge >= 0.3 is 0 Å². The maximum absolute atomic E-state index is 13.9. The quantitative estimate of drug-likeness (QED) is 0.499. The van der Waals surface area contributed by atoms with Crippen LogP contribution in [-0.2, 0) is 0 Å². The van der Waals surface area contributed by atoms with E-state index in [1.54, 1.807) is 0 Å². The highest BCUT2D eigenvalue weighted by Crippen LogP contribution is 2.50. The number of benzene rings is 1. The third-order valence-electron chi connectivity index (χ3n) is 4.46. The van der Waals surface area contributed by atoms with Gasteiger partial charge in [0.2, 0.25) is 0 Å². The van der Waals surface area contributed by atoms with Crippen molar-refractivity contribution < 1.29 is 13.2 Å². The predicted molar refractivity (Wildman–Crippen MR) is 67.6 cm³/mol. The van der Waals surface area contributed by atoms with Crippen molar-refractivity contribution in [2.24, 2.45) is 11.3 Å². The Morgan fingerprint density at radius 3 is 2.37 bits per heavy atom. The van der Waals surface area contributed by atoms with E-state index in [9.17, 15) is 13.2 Å². The fourth-order valence-electron chi connectivity index (χ4n) is 3.29. The van der Waals surface area contributed by atoms with E-state index >= 15 is 0 Å². The molecule has 1 saturated carbocycles. The van der Waals surface area contributed by atoms with Gasteiger partial charge in [-0.05, 0) is 30.7 Å². The molecule has 0 amide bonds. The van der Waals surface area contributed by atoms with Crippen molar-refractivity contribution >= 4 is 0 Å². The minimum atomic E-state index is -1.43. The van der Waals surface area contributed by atoms with Gasteiger partial charge in [0.1, 0.15) is 0 Å². The second kappa shape index (κ2) is 5.51. The fraction of sp³-hybridized carbons (Fsp3) is 0.571. The monoisotopic (exact) mass is 272 g/mol. The molecule has 1 unspecified atom stereocenters. The summed E-state index contributed by atoms with van der Waals surface area (Å²) in [6.45, 7) is 2.02. The minimum Gasteiger partial charge on any atom is -0.271 e. The molecule has 1 aliphatic rings. The van der Waals surface area contributed by atoms with E-state index in [0.29, 0.717) is 0 Å². The molecule has 1 aliphatic carbocycles. The Morgan fingerprint density at radius 2 is 1.84 bits per heavy atom. The van der Waals surface area contributed by atoms with Gasteiger partial charge < -0.3 is 0 Å². The molecular weight excluding hydrogens is 253 g/mol. The number of hydrogen-bond donors (Lipinski definition) is 2. The summed E-state index contributed by atoms with van der Waals surface area (Å²) in [4.78, 5) is 0. The van der Waals surface area contributed by atoms with Gasteiger partial charge in [-0.15, -0.1) is 0 Å². The van der Waals surface area contributed by atoms with Crippen LogP contribution in [0.3, 0.4) is 0 Å². The Balaban J connectivity index is 2.45. The normalized spacial score (nSPS) is 19.6. The zero-order chi connectivity index (χ0) is 14.0. The average molecular weight is 272 g/mol. The lowest BCUT2D eigenvalue weighted by atomic mass is 9.73. The SMILES string of the molecule is CCC1(C(NN)c2ccc(F)c(F)c2F)CCCC1. The number of hydrogen-bond acceptors (Lipinski definition) is 2. The molecule has 0 aromatic heterocycles. The maximum Gasteiger partial charge on any atom is 0.194 e. The van der Waals surface area contributed by atoms with Crippen molar-refractivity contribution in [3.05, 3.63) is 35.1 Å². The van der Waals surface area contributed by atoms with Gasteiger partial charge in [-0.3, -0.25) is 11.3 Å².